The van der Waals surface area contributed by atoms with Crippen molar-refractivity contribution in [2.75, 3.05) is 0 Å². The zero-order valence-electron chi connectivity index (χ0n) is 11.5. The zero-order valence-corrected chi connectivity index (χ0v) is 12.3. The Morgan fingerprint density at radius 2 is 1.95 bits per heavy atom. The molecule has 1 aliphatic heterocycles. The Balaban J connectivity index is 2.04. The van der Waals surface area contributed by atoms with Gasteiger partial charge >= 0.3 is 5.97 Å². The molecule has 0 amide bonds. The summed E-state index contributed by atoms with van der Waals surface area (Å²) in [5.41, 5.74) is 2.39. The molecule has 3 nitrogen and oxygen atoms in total. The smallest absolute Gasteiger partial charge is 0.310 e. The van der Waals surface area contributed by atoms with Crippen molar-refractivity contribution in [3.8, 4) is 0 Å². The van der Waals surface area contributed by atoms with Crippen molar-refractivity contribution in [1.29, 1.82) is 0 Å². The SMILES string of the molecule is C[C@H](C(=O)O)c1ccc2c(c1)CC(=O)c1ccccc1S2. The number of ketones is 1. The molecule has 0 saturated heterocycles. The average molecular weight is 298 g/mol. The van der Waals surface area contributed by atoms with Crippen LogP contribution in [0.25, 0.3) is 0 Å². The fraction of sp³-hybridized carbons (Fsp3) is 0.176. The minimum absolute atomic E-state index is 0.0805. The van der Waals surface area contributed by atoms with Gasteiger partial charge in [-0.1, -0.05) is 42.1 Å². The zero-order chi connectivity index (χ0) is 15.0. The van der Waals surface area contributed by atoms with E-state index in [1.54, 1.807) is 18.7 Å². The highest BCUT2D eigenvalue weighted by Gasteiger charge is 2.22. The molecule has 1 heterocycles. The van der Waals surface area contributed by atoms with Crippen LogP contribution in [0.5, 0.6) is 0 Å². The first-order valence-electron chi connectivity index (χ1n) is 6.72. The first-order valence-corrected chi connectivity index (χ1v) is 7.53. The van der Waals surface area contributed by atoms with Gasteiger partial charge in [-0.05, 0) is 30.2 Å². The standard InChI is InChI=1S/C17H14O3S/c1-10(17(19)20)11-6-7-15-12(8-11)9-14(18)13-4-2-3-5-16(13)21-15/h2-8,10H,9H2,1H3,(H,19,20)/t10-/m0/s1. The van der Waals surface area contributed by atoms with Gasteiger partial charge in [0.1, 0.15) is 0 Å². The summed E-state index contributed by atoms with van der Waals surface area (Å²) in [5, 5.41) is 9.12. The highest BCUT2D eigenvalue weighted by molar-refractivity contribution is 7.99. The molecular weight excluding hydrogens is 284 g/mol. The van der Waals surface area contributed by atoms with Crippen molar-refractivity contribution < 1.29 is 14.7 Å². The minimum atomic E-state index is -0.856. The van der Waals surface area contributed by atoms with Gasteiger partial charge in [0.25, 0.3) is 0 Å². The Bertz CT molecular complexity index is 737. The molecule has 0 unspecified atom stereocenters. The third-order valence-electron chi connectivity index (χ3n) is 3.71. The fourth-order valence-corrected chi connectivity index (χ4v) is 3.50. The van der Waals surface area contributed by atoms with Crippen molar-refractivity contribution in [3.05, 3.63) is 59.2 Å². The Labute approximate surface area is 127 Å². The lowest BCUT2D eigenvalue weighted by Gasteiger charge is -2.11. The summed E-state index contributed by atoms with van der Waals surface area (Å²) in [6.07, 6.45) is 0.319. The third-order valence-corrected chi connectivity index (χ3v) is 4.91. The van der Waals surface area contributed by atoms with E-state index in [1.165, 1.54) is 0 Å². The van der Waals surface area contributed by atoms with Crippen LogP contribution in [0.1, 0.15) is 34.3 Å². The second-order valence-electron chi connectivity index (χ2n) is 5.13. The molecule has 1 N–H and O–H groups in total. The lowest BCUT2D eigenvalue weighted by molar-refractivity contribution is -0.138. The van der Waals surface area contributed by atoms with Crippen LogP contribution in [-0.4, -0.2) is 16.9 Å². The van der Waals surface area contributed by atoms with E-state index in [-0.39, 0.29) is 5.78 Å². The number of hydrogen-bond acceptors (Lipinski definition) is 3. The van der Waals surface area contributed by atoms with Gasteiger partial charge in [0.15, 0.2) is 5.78 Å². The molecule has 0 radical (unpaired) electrons. The van der Waals surface area contributed by atoms with Gasteiger partial charge < -0.3 is 5.11 Å². The van der Waals surface area contributed by atoms with Crippen molar-refractivity contribution in [2.45, 2.75) is 29.1 Å². The molecule has 0 fully saturated rings. The van der Waals surface area contributed by atoms with Gasteiger partial charge in [0.2, 0.25) is 0 Å². The number of Topliss-reactive ketones (excluding diaryl/α,β-unsaturated/α-hetero) is 1. The first kappa shape index (κ1) is 13.9. The lowest BCUT2D eigenvalue weighted by atomic mass is 9.96. The molecule has 0 saturated carbocycles. The van der Waals surface area contributed by atoms with Crippen LogP contribution in [-0.2, 0) is 11.2 Å². The maximum Gasteiger partial charge on any atom is 0.310 e. The molecule has 0 spiro atoms. The molecule has 1 aliphatic rings. The summed E-state index contributed by atoms with van der Waals surface area (Å²) >= 11 is 1.57. The minimum Gasteiger partial charge on any atom is -0.481 e. The monoisotopic (exact) mass is 298 g/mol. The van der Waals surface area contributed by atoms with Gasteiger partial charge in [-0.25, -0.2) is 0 Å². The highest BCUT2D eigenvalue weighted by atomic mass is 32.2. The van der Waals surface area contributed by atoms with Crippen LogP contribution >= 0.6 is 11.8 Å². The van der Waals surface area contributed by atoms with E-state index in [9.17, 15) is 9.59 Å². The molecule has 21 heavy (non-hydrogen) atoms. The van der Waals surface area contributed by atoms with E-state index in [0.717, 1.165) is 26.5 Å². The third kappa shape index (κ3) is 2.59. The molecule has 1 atom stereocenters. The number of hydrogen-bond donors (Lipinski definition) is 1. The van der Waals surface area contributed by atoms with Crippen molar-refractivity contribution in [3.63, 3.8) is 0 Å². The van der Waals surface area contributed by atoms with Crippen LogP contribution in [0.4, 0.5) is 0 Å². The molecule has 0 aliphatic carbocycles. The van der Waals surface area contributed by atoms with Gasteiger partial charge in [0.05, 0.1) is 5.92 Å². The van der Waals surface area contributed by atoms with Gasteiger partial charge in [0, 0.05) is 21.8 Å². The quantitative estimate of drug-likeness (QED) is 0.917. The Morgan fingerprint density at radius 1 is 1.19 bits per heavy atom. The summed E-state index contributed by atoms with van der Waals surface area (Å²) in [5.74, 6) is -1.34. The normalized spacial score (nSPS) is 14.8. The predicted molar refractivity (Wildman–Crippen MR) is 81.1 cm³/mol. The van der Waals surface area contributed by atoms with Crippen molar-refractivity contribution in [1.82, 2.24) is 0 Å². The highest BCUT2D eigenvalue weighted by Crippen LogP contribution is 2.38. The van der Waals surface area contributed by atoms with E-state index < -0.39 is 11.9 Å². The van der Waals surface area contributed by atoms with Gasteiger partial charge in [-0.2, -0.15) is 0 Å². The van der Waals surface area contributed by atoms with E-state index in [0.29, 0.717) is 6.42 Å². The number of carboxylic acid groups (broad SMARTS) is 1. The Morgan fingerprint density at radius 3 is 2.71 bits per heavy atom. The number of fused-ring (bicyclic) bond motifs is 2. The summed E-state index contributed by atoms with van der Waals surface area (Å²) < 4.78 is 0. The van der Waals surface area contributed by atoms with E-state index in [2.05, 4.69) is 0 Å². The first-order chi connectivity index (χ1) is 10.1. The largest absolute Gasteiger partial charge is 0.481 e. The van der Waals surface area contributed by atoms with Crippen LogP contribution in [0.2, 0.25) is 0 Å². The van der Waals surface area contributed by atoms with E-state index >= 15 is 0 Å². The number of carbonyl (C=O) groups excluding carboxylic acids is 1. The second-order valence-corrected chi connectivity index (χ2v) is 6.21. The molecular formula is C17H14O3S. The van der Waals surface area contributed by atoms with Crippen LogP contribution < -0.4 is 0 Å². The Kier molecular flexibility index (Phi) is 3.55. The second kappa shape index (κ2) is 5.37. The van der Waals surface area contributed by atoms with Crippen molar-refractivity contribution in [2.24, 2.45) is 0 Å². The maximum absolute atomic E-state index is 12.4. The number of carboxylic acids is 1. The summed E-state index contributed by atoms with van der Waals surface area (Å²) in [6, 6.07) is 13.2. The Hall–Kier alpha value is -2.07. The summed E-state index contributed by atoms with van der Waals surface area (Å²) in [7, 11) is 0. The molecule has 0 aromatic heterocycles. The maximum atomic E-state index is 12.4. The van der Waals surface area contributed by atoms with Crippen LogP contribution in [0.3, 0.4) is 0 Å². The van der Waals surface area contributed by atoms with E-state index in [1.807, 2.05) is 42.5 Å². The molecule has 2 aromatic carbocycles. The molecule has 0 bridgehead atoms. The number of carbonyl (C=O) groups is 2. The van der Waals surface area contributed by atoms with E-state index in [4.69, 9.17) is 5.11 Å². The van der Waals surface area contributed by atoms with Gasteiger partial charge in [-0.3, -0.25) is 9.59 Å². The summed E-state index contributed by atoms with van der Waals surface area (Å²) in [4.78, 5) is 25.4. The number of rotatable bonds is 2. The topological polar surface area (TPSA) is 54.4 Å². The lowest BCUT2D eigenvalue weighted by Crippen LogP contribution is -2.09. The molecule has 2 aromatic rings. The number of benzene rings is 2. The molecule has 3 rings (SSSR count). The molecule has 4 heteroatoms. The van der Waals surface area contributed by atoms with Crippen molar-refractivity contribution >= 4 is 23.5 Å². The predicted octanol–water partition coefficient (Wildman–Crippen LogP) is 3.76. The average Bonchev–Trinajstić information content (AvgIpc) is 2.61. The van der Waals surface area contributed by atoms with Crippen LogP contribution in [0.15, 0.2) is 52.3 Å². The van der Waals surface area contributed by atoms with Crippen LogP contribution in [0, 0.1) is 0 Å². The number of aliphatic carboxylic acids is 1. The molecule has 106 valence electrons. The summed E-state index contributed by atoms with van der Waals surface area (Å²) in [6.45, 7) is 1.66. The fourth-order valence-electron chi connectivity index (χ4n) is 2.42. The van der Waals surface area contributed by atoms with Gasteiger partial charge in [-0.15, -0.1) is 0 Å².